The quantitative estimate of drug-likeness (QED) is 0.515. The van der Waals surface area contributed by atoms with E-state index in [-0.39, 0.29) is 25.3 Å². The molecule has 0 aliphatic heterocycles. The summed E-state index contributed by atoms with van der Waals surface area (Å²) in [5, 5.41) is 13.3. The molecule has 0 heterocycles. The summed E-state index contributed by atoms with van der Waals surface area (Å²) in [5.74, 6) is -1.37. The van der Waals surface area contributed by atoms with Crippen LogP contribution in [0.15, 0.2) is 0 Å². The average Bonchev–Trinajstić information content (AvgIpc) is 2.21. The van der Waals surface area contributed by atoms with Crippen molar-refractivity contribution < 1.29 is 27.9 Å². The number of nitrogens with one attached hydrogen (secondary N) is 2. The van der Waals surface area contributed by atoms with Gasteiger partial charge in [-0.05, 0) is 0 Å². The predicted molar refractivity (Wildman–Crippen MR) is 64.2 cm³/mol. The number of carbonyl (C=O) groups is 2. The van der Waals surface area contributed by atoms with E-state index in [0.29, 0.717) is 0 Å². The maximum Gasteiger partial charge on any atom is 0.326 e. The third-order valence-electron chi connectivity index (χ3n) is 1.97. The van der Waals surface area contributed by atoms with Crippen LogP contribution in [0.5, 0.6) is 0 Å². The smallest absolute Gasteiger partial charge is 0.326 e. The van der Waals surface area contributed by atoms with Crippen molar-refractivity contribution in [1.29, 1.82) is 0 Å². The lowest BCUT2D eigenvalue weighted by Crippen LogP contribution is -2.47. The Morgan fingerprint density at radius 1 is 1.39 bits per heavy atom. The zero-order valence-electron chi connectivity index (χ0n) is 10.3. The van der Waals surface area contributed by atoms with E-state index in [1.807, 2.05) is 0 Å². The fourth-order valence-electron chi connectivity index (χ4n) is 1.05. The van der Waals surface area contributed by atoms with E-state index in [0.717, 1.165) is 6.26 Å². The van der Waals surface area contributed by atoms with Gasteiger partial charge < -0.3 is 20.5 Å². The number of methoxy groups -OCH3 is 1. The molecule has 0 aromatic rings. The van der Waals surface area contributed by atoms with Crippen LogP contribution in [0.1, 0.15) is 6.42 Å². The normalized spacial score (nSPS) is 12.8. The molecule has 0 saturated carbocycles. The summed E-state index contributed by atoms with van der Waals surface area (Å²) in [6.07, 6.45) is 1.18. The van der Waals surface area contributed by atoms with Crippen LogP contribution >= 0.6 is 0 Å². The van der Waals surface area contributed by atoms with Crippen LogP contribution in [-0.2, 0) is 19.4 Å². The molecule has 1 unspecified atom stereocenters. The average molecular weight is 282 g/mol. The van der Waals surface area contributed by atoms with Crippen molar-refractivity contribution in [2.24, 2.45) is 0 Å². The predicted octanol–water partition coefficient (Wildman–Crippen LogP) is -1.18. The van der Waals surface area contributed by atoms with E-state index in [2.05, 4.69) is 10.6 Å². The van der Waals surface area contributed by atoms with Crippen LogP contribution in [-0.4, -0.2) is 63.8 Å². The van der Waals surface area contributed by atoms with E-state index in [9.17, 15) is 18.0 Å². The third-order valence-corrected chi connectivity index (χ3v) is 2.92. The summed E-state index contributed by atoms with van der Waals surface area (Å²) < 4.78 is 26.3. The SMILES string of the molecule is COCCC(NC(=O)NCCS(C)(=O)=O)C(=O)O. The van der Waals surface area contributed by atoms with Crippen LogP contribution in [0.3, 0.4) is 0 Å². The lowest BCUT2D eigenvalue weighted by atomic mass is 10.2. The third kappa shape index (κ3) is 8.76. The number of sulfone groups is 1. The molecule has 0 fully saturated rings. The van der Waals surface area contributed by atoms with Crippen molar-refractivity contribution in [3.8, 4) is 0 Å². The summed E-state index contributed by atoms with van der Waals surface area (Å²) in [6.45, 7) is 0.127. The molecule has 0 aromatic carbocycles. The maximum atomic E-state index is 11.3. The summed E-state index contributed by atoms with van der Waals surface area (Å²) in [5.41, 5.74) is 0. The largest absolute Gasteiger partial charge is 0.480 e. The fourth-order valence-corrected chi connectivity index (χ4v) is 1.53. The topological polar surface area (TPSA) is 122 Å². The monoisotopic (exact) mass is 282 g/mol. The Balaban J connectivity index is 4.06. The Morgan fingerprint density at radius 2 is 2.00 bits per heavy atom. The van der Waals surface area contributed by atoms with Crippen LogP contribution in [0, 0.1) is 0 Å². The van der Waals surface area contributed by atoms with Crippen molar-refractivity contribution in [3.05, 3.63) is 0 Å². The first-order valence-electron chi connectivity index (χ1n) is 5.20. The minimum Gasteiger partial charge on any atom is -0.480 e. The molecule has 2 amide bonds. The highest BCUT2D eigenvalue weighted by Gasteiger charge is 2.19. The molecular formula is C9H18N2O6S. The van der Waals surface area contributed by atoms with Crippen LogP contribution < -0.4 is 10.6 Å². The van der Waals surface area contributed by atoms with Crippen molar-refractivity contribution in [2.45, 2.75) is 12.5 Å². The first-order chi connectivity index (χ1) is 8.26. The van der Waals surface area contributed by atoms with E-state index in [1.54, 1.807) is 0 Å². The van der Waals surface area contributed by atoms with E-state index in [1.165, 1.54) is 7.11 Å². The molecule has 8 nitrogen and oxygen atoms in total. The van der Waals surface area contributed by atoms with Gasteiger partial charge in [-0.1, -0.05) is 0 Å². The van der Waals surface area contributed by atoms with E-state index >= 15 is 0 Å². The van der Waals surface area contributed by atoms with Crippen LogP contribution in [0.4, 0.5) is 4.79 Å². The summed E-state index contributed by atoms with van der Waals surface area (Å²) in [7, 11) is -1.74. The van der Waals surface area contributed by atoms with Crippen molar-refractivity contribution >= 4 is 21.8 Å². The number of aliphatic carboxylic acids is 1. The molecule has 0 radical (unpaired) electrons. The minimum absolute atomic E-state index is 0.0682. The van der Waals surface area contributed by atoms with E-state index in [4.69, 9.17) is 9.84 Å². The number of hydrogen-bond donors (Lipinski definition) is 3. The number of hydrogen-bond acceptors (Lipinski definition) is 5. The van der Waals surface area contributed by atoms with E-state index < -0.39 is 27.9 Å². The van der Waals surface area contributed by atoms with Gasteiger partial charge in [-0.2, -0.15) is 0 Å². The number of amides is 2. The van der Waals surface area contributed by atoms with Gasteiger partial charge in [0.1, 0.15) is 15.9 Å². The molecule has 0 spiro atoms. The molecule has 9 heteroatoms. The number of carboxylic acid groups (broad SMARTS) is 1. The first kappa shape index (κ1) is 16.6. The summed E-state index contributed by atoms with van der Waals surface area (Å²) >= 11 is 0. The molecule has 0 aliphatic carbocycles. The Labute approximate surface area is 106 Å². The van der Waals surface area contributed by atoms with Gasteiger partial charge in [0.25, 0.3) is 0 Å². The van der Waals surface area contributed by atoms with Gasteiger partial charge in [0.2, 0.25) is 0 Å². The number of ether oxygens (including phenoxy) is 1. The number of rotatable bonds is 8. The zero-order chi connectivity index (χ0) is 14.2. The van der Waals surface area contributed by atoms with Crippen LogP contribution in [0.2, 0.25) is 0 Å². The Morgan fingerprint density at radius 3 is 2.44 bits per heavy atom. The molecule has 0 bridgehead atoms. The number of carboxylic acids is 1. The standard InChI is InChI=1S/C9H18N2O6S/c1-17-5-3-7(8(12)13)11-9(14)10-4-6-18(2,15)16/h7H,3-6H2,1-2H3,(H,12,13)(H2,10,11,14). The highest BCUT2D eigenvalue weighted by atomic mass is 32.2. The molecule has 0 saturated heterocycles. The van der Waals surface area contributed by atoms with Gasteiger partial charge in [-0.3, -0.25) is 0 Å². The number of urea groups is 1. The van der Waals surface area contributed by atoms with Crippen molar-refractivity contribution in [1.82, 2.24) is 10.6 Å². The highest BCUT2D eigenvalue weighted by Crippen LogP contribution is 1.93. The van der Waals surface area contributed by atoms with Gasteiger partial charge in [0, 0.05) is 32.9 Å². The Kier molecular flexibility index (Phi) is 7.29. The molecule has 18 heavy (non-hydrogen) atoms. The second kappa shape index (κ2) is 7.88. The highest BCUT2D eigenvalue weighted by molar-refractivity contribution is 7.90. The molecular weight excluding hydrogens is 264 g/mol. The zero-order valence-corrected chi connectivity index (χ0v) is 11.1. The minimum atomic E-state index is -3.16. The van der Waals surface area contributed by atoms with Crippen LogP contribution in [0.25, 0.3) is 0 Å². The summed E-state index contributed by atoms with van der Waals surface area (Å²) in [6, 6.07) is -1.79. The fraction of sp³-hybridized carbons (Fsp3) is 0.778. The number of carbonyl (C=O) groups excluding carboxylic acids is 1. The van der Waals surface area contributed by atoms with Crippen molar-refractivity contribution in [2.75, 3.05) is 32.3 Å². The maximum absolute atomic E-state index is 11.3. The lowest BCUT2D eigenvalue weighted by Gasteiger charge is -2.14. The molecule has 0 rings (SSSR count). The van der Waals surface area contributed by atoms with Gasteiger partial charge >= 0.3 is 12.0 Å². The Bertz CT molecular complexity index is 381. The lowest BCUT2D eigenvalue weighted by molar-refractivity contribution is -0.139. The molecule has 1 atom stereocenters. The van der Waals surface area contributed by atoms with Gasteiger partial charge in [-0.15, -0.1) is 0 Å². The molecule has 0 aromatic heterocycles. The summed E-state index contributed by atoms with van der Waals surface area (Å²) in [4.78, 5) is 22.1. The first-order valence-corrected chi connectivity index (χ1v) is 7.26. The molecule has 3 N–H and O–H groups in total. The van der Waals surface area contributed by atoms with Gasteiger partial charge in [0.15, 0.2) is 0 Å². The van der Waals surface area contributed by atoms with Crippen molar-refractivity contribution in [3.63, 3.8) is 0 Å². The van der Waals surface area contributed by atoms with Gasteiger partial charge in [0.05, 0.1) is 5.75 Å². The van der Waals surface area contributed by atoms with Gasteiger partial charge in [-0.25, -0.2) is 18.0 Å². The molecule has 0 aliphatic rings. The Hall–Kier alpha value is -1.35. The second-order valence-electron chi connectivity index (χ2n) is 3.70. The second-order valence-corrected chi connectivity index (χ2v) is 5.96. The molecule has 106 valence electrons.